The van der Waals surface area contributed by atoms with E-state index >= 15 is 0 Å². The molecule has 1 aromatic carbocycles. The van der Waals surface area contributed by atoms with E-state index in [0.29, 0.717) is 18.9 Å². The van der Waals surface area contributed by atoms with Gasteiger partial charge in [0.25, 0.3) is 0 Å². The molecule has 0 bridgehead atoms. The third kappa shape index (κ3) is 6.46. The molecule has 0 aliphatic heterocycles. The van der Waals surface area contributed by atoms with E-state index in [0.717, 1.165) is 22.9 Å². The Bertz CT molecular complexity index is 786. The number of hydrogen-bond donors (Lipinski definition) is 2. The van der Waals surface area contributed by atoms with Gasteiger partial charge >= 0.3 is 0 Å². The molecule has 0 atom stereocenters. The molecule has 1 heterocycles. The molecule has 2 aromatic rings. The molecule has 0 saturated heterocycles. The molecule has 27 heavy (non-hydrogen) atoms. The number of rotatable bonds is 7. The Hall–Kier alpha value is -2.22. The molecule has 0 spiro atoms. The molecule has 144 valence electrons. The van der Waals surface area contributed by atoms with E-state index in [9.17, 15) is 9.59 Å². The zero-order valence-electron chi connectivity index (χ0n) is 15.2. The molecule has 8 heteroatoms. The average Bonchev–Trinajstić information content (AvgIpc) is 3.07. The van der Waals surface area contributed by atoms with Crippen molar-refractivity contribution in [3.63, 3.8) is 0 Å². The van der Waals surface area contributed by atoms with Crippen LogP contribution in [0, 0.1) is 5.92 Å². The molecule has 7 nitrogen and oxygen atoms in total. The third-order valence-corrected chi connectivity index (χ3v) is 5.16. The minimum absolute atomic E-state index is 0.0638. The van der Waals surface area contributed by atoms with Gasteiger partial charge < -0.3 is 5.32 Å². The predicted octanol–water partition coefficient (Wildman–Crippen LogP) is 3.11. The number of benzene rings is 1. The highest BCUT2D eigenvalue weighted by Gasteiger charge is 2.17. The van der Waals surface area contributed by atoms with Crippen LogP contribution >= 0.6 is 15.9 Å². The first-order valence-electron chi connectivity index (χ1n) is 9.29. The quantitative estimate of drug-likeness (QED) is 0.701. The van der Waals surface area contributed by atoms with Crippen LogP contribution in [0.2, 0.25) is 0 Å². The van der Waals surface area contributed by atoms with Gasteiger partial charge in [-0.15, -0.1) is 5.10 Å². The first-order chi connectivity index (χ1) is 13.1. The lowest BCUT2D eigenvalue weighted by Gasteiger charge is -2.20. The highest BCUT2D eigenvalue weighted by molar-refractivity contribution is 9.10. The summed E-state index contributed by atoms with van der Waals surface area (Å²) in [5.41, 5.74) is 1.07. The topological polar surface area (TPSA) is 88.9 Å². The van der Waals surface area contributed by atoms with Crippen molar-refractivity contribution in [2.24, 2.45) is 5.92 Å². The first-order valence-corrected chi connectivity index (χ1v) is 10.1. The molecule has 1 aliphatic carbocycles. The lowest BCUT2D eigenvalue weighted by Crippen LogP contribution is -2.34. The zero-order chi connectivity index (χ0) is 19.1. The van der Waals surface area contributed by atoms with Crippen LogP contribution in [0.25, 0.3) is 0 Å². The second-order valence-corrected chi connectivity index (χ2v) is 7.84. The van der Waals surface area contributed by atoms with Gasteiger partial charge in [0.15, 0.2) is 0 Å². The Morgan fingerprint density at radius 3 is 2.78 bits per heavy atom. The van der Waals surface area contributed by atoms with Crippen molar-refractivity contribution < 1.29 is 9.59 Å². The first kappa shape index (κ1) is 19.5. The van der Waals surface area contributed by atoms with Gasteiger partial charge in [-0.1, -0.05) is 47.3 Å². The summed E-state index contributed by atoms with van der Waals surface area (Å²) in [6, 6.07) is 7.91. The number of carbonyl (C=O) groups is 2. The largest absolute Gasteiger partial charge is 0.347 e. The maximum absolute atomic E-state index is 12.0. The smallest absolute Gasteiger partial charge is 0.248 e. The highest BCUT2D eigenvalue weighted by Crippen LogP contribution is 2.25. The van der Waals surface area contributed by atoms with E-state index in [1.165, 1.54) is 19.3 Å². The SMILES string of the molecule is O=C(CC1CCCCC1)NCC(=O)Nc1ncn(Cc2cccc(Br)c2)n1. The monoisotopic (exact) mass is 433 g/mol. The number of halogens is 1. The van der Waals surface area contributed by atoms with Crippen LogP contribution in [0.5, 0.6) is 0 Å². The summed E-state index contributed by atoms with van der Waals surface area (Å²) in [5, 5.41) is 9.54. The van der Waals surface area contributed by atoms with E-state index < -0.39 is 0 Å². The van der Waals surface area contributed by atoms with Crippen LogP contribution in [0.15, 0.2) is 35.1 Å². The molecule has 2 amide bonds. The van der Waals surface area contributed by atoms with Crippen molar-refractivity contribution in [1.82, 2.24) is 20.1 Å². The number of amides is 2. The van der Waals surface area contributed by atoms with E-state index in [1.807, 2.05) is 24.3 Å². The van der Waals surface area contributed by atoms with Crippen molar-refractivity contribution >= 4 is 33.7 Å². The van der Waals surface area contributed by atoms with E-state index in [2.05, 4.69) is 36.6 Å². The number of hydrogen-bond acceptors (Lipinski definition) is 4. The second kappa shape index (κ2) is 9.64. The highest BCUT2D eigenvalue weighted by atomic mass is 79.9. The summed E-state index contributed by atoms with van der Waals surface area (Å²) >= 11 is 3.44. The van der Waals surface area contributed by atoms with Gasteiger partial charge in [-0.25, -0.2) is 9.67 Å². The van der Waals surface area contributed by atoms with Gasteiger partial charge in [0.2, 0.25) is 17.8 Å². The normalized spacial score (nSPS) is 14.7. The van der Waals surface area contributed by atoms with Gasteiger partial charge in [0.1, 0.15) is 6.33 Å². The summed E-state index contributed by atoms with van der Waals surface area (Å²) in [5.74, 6) is 0.297. The van der Waals surface area contributed by atoms with Crippen molar-refractivity contribution in [3.8, 4) is 0 Å². The van der Waals surface area contributed by atoms with Crippen LogP contribution in [-0.2, 0) is 16.1 Å². The minimum atomic E-state index is -0.327. The van der Waals surface area contributed by atoms with E-state index in [1.54, 1.807) is 11.0 Å². The average molecular weight is 434 g/mol. The Labute approximate surface area is 167 Å². The number of aromatic nitrogens is 3. The standard InChI is InChI=1S/C19H24BrN5O2/c20-16-8-4-7-15(9-16)12-25-13-22-19(24-25)23-18(27)11-21-17(26)10-14-5-2-1-3-6-14/h4,7-9,13-14H,1-3,5-6,10-12H2,(H,21,26)(H,23,24,27). The summed E-state index contributed by atoms with van der Waals surface area (Å²) in [4.78, 5) is 28.1. The summed E-state index contributed by atoms with van der Waals surface area (Å²) in [6.07, 6.45) is 7.96. The lowest BCUT2D eigenvalue weighted by molar-refractivity contribution is -0.125. The molecule has 1 fully saturated rings. The van der Waals surface area contributed by atoms with Crippen LogP contribution in [0.1, 0.15) is 44.1 Å². The second-order valence-electron chi connectivity index (χ2n) is 6.93. The van der Waals surface area contributed by atoms with Crippen LogP contribution < -0.4 is 10.6 Å². The number of carbonyl (C=O) groups excluding carboxylic acids is 2. The molecular weight excluding hydrogens is 410 g/mol. The maximum Gasteiger partial charge on any atom is 0.248 e. The fourth-order valence-electron chi connectivity index (χ4n) is 3.32. The van der Waals surface area contributed by atoms with Crippen molar-refractivity contribution in [2.45, 2.75) is 45.1 Å². The molecule has 1 aliphatic rings. The number of nitrogens with zero attached hydrogens (tertiary/aromatic N) is 3. The van der Waals surface area contributed by atoms with Crippen LogP contribution in [0.4, 0.5) is 5.95 Å². The molecule has 1 saturated carbocycles. The summed E-state index contributed by atoms with van der Waals surface area (Å²) in [6.45, 7) is 0.492. The number of nitrogens with one attached hydrogen (secondary N) is 2. The fraction of sp³-hybridized carbons (Fsp3) is 0.474. The zero-order valence-corrected chi connectivity index (χ0v) is 16.7. The van der Waals surface area contributed by atoms with Crippen LogP contribution in [-0.4, -0.2) is 33.1 Å². The molecule has 0 radical (unpaired) electrons. The fourth-order valence-corrected chi connectivity index (χ4v) is 3.77. The molecule has 1 aromatic heterocycles. The Morgan fingerprint density at radius 2 is 2.00 bits per heavy atom. The van der Waals surface area contributed by atoms with E-state index in [-0.39, 0.29) is 24.3 Å². The summed E-state index contributed by atoms with van der Waals surface area (Å²) < 4.78 is 2.65. The van der Waals surface area contributed by atoms with Crippen LogP contribution in [0.3, 0.4) is 0 Å². The third-order valence-electron chi connectivity index (χ3n) is 4.67. The molecular formula is C19H24BrN5O2. The number of anilines is 1. The van der Waals surface area contributed by atoms with Gasteiger partial charge in [-0.2, -0.15) is 0 Å². The predicted molar refractivity (Wildman–Crippen MR) is 106 cm³/mol. The van der Waals surface area contributed by atoms with Gasteiger partial charge in [0, 0.05) is 10.9 Å². The van der Waals surface area contributed by atoms with Crippen molar-refractivity contribution in [3.05, 3.63) is 40.6 Å². The Kier molecular flexibility index (Phi) is 6.98. The Morgan fingerprint density at radius 1 is 1.19 bits per heavy atom. The van der Waals surface area contributed by atoms with Crippen molar-refractivity contribution in [1.29, 1.82) is 0 Å². The van der Waals surface area contributed by atoms with Gasteiger partial charge in [-0.3, -0.25) is 14.9 Å². The molecule has 2 N–H and O–H groups in total. The van der Waals surface area contributed by atoms with Gasteiger partial charge in [-0.05, 0) is 36.5 Å². The van der Waals surface area contributed by atoms with E-state index in [4.69, 9.17) is 0 Å². The molecule has 3 rings (SSSR count). The van der Waals surface area contributed by atoms with Crippen molar-refractivity contribution in [2.75, 3.05) is 11.9 Å². The minimum Gasteiger partial charge on any atom is -0.347 e. The van der Waals surface area contributed by atoms with Gasteiger partial charge in [0.05, 0.1) is 13.1 Å². The Balaban J connectivity index is 1.41. The lowest BCUT2D eigenvalue weighted by atomic mass is 9.87. The molecule has 0 unspecified atom stereocenters. The maximum atomic E-state index is 12.0. The summed E-state index contributed by atoms with van der Waals surface area (Å²) in [7, 11) is 0.